The minimum Gasteiger partial charge on any atom is -0.201 e. The molecule has 3 aliphatic rings. The van der Waals surface area contributed by atoms with Crippen molar-refractivity contribution in [3.63, 3.8) is 0 Å². The lowest BCUT2D eigenvalue weighted by Gasteiger charge is -2.34. The Morgan fingerprint density at radius 1 is 0.875 bits per heavy atom. The smallest absolute Gasteiger partial charge is 0.201 e. The first kappa shape index (κ1) is 24.7. The molecule has 1 aromatic heterocycles. The molecule has 1 atom stereocenters. The fourth-order valence-corrected chi connectivity index (χ4v) is 9.13. The maximum Gasteiger partial charge on any atom is 0.281 e. The first-order valence-electron chi connectivity index (χ1n) is 12.9. The van der Waals surface area contributed by atoms with E-state index in [4.69, 9.17) is 11.6 Å². The van der Waals surface area contributed by atoms with E-state index >= 15 is 17.6 Å². The maximum atomic E-state index is 15.6. The lowest BCUT2D eigenvalue weighted by molar-refractivity contribution is -0.124. The summed E-state index contributed by atoms with van der Waals surface area (Å²) in [4.78, 5) is 1.02. The molecule has 1 unspecified atom stereocenters. The molecule has 0 N–H and O–H groups in total. The third kappa shape index (κ3) is 3.10. The monoisotopic (exact) mass is 590 g/mol. The minimum atomic E-state index is -3.78. The number of fused-ring (bicyclic) bond motifs is 4. The zero-order valence-corrected chi connectivity index (χ0v) is 23.2. The van der Waals surface area contributed by atoms with E-state index in [1.807, 2.05) is 29.6 Å². The molecule has 0 nitrogen and oxygen atoms in total. The SMILES string of the molecule is C=Cc1cc2c3c(cc(Cl)c4c3c1C(F)(F)CC4(F)F)-c1c-2c(-c2cccs2)c2ccccc2c1C1CC=CS1. The van der Waals surface area contributed by atoms with Crippen molar-refractivity contribution in [3.05, 3.63) is 99.3 Å². The van der Waals surface area contributed by atoms with Gasteiger partial charge in [0.2, 0.25) is 0 Å². The van der Waals surface area contributed by atoms with Crippen LogP contribution in [0.3, 0.4) is 0 Å². The molecular weight excluding hydrogens is 572 g/mol. The Labute approximate surface area is 241 Å². The van der Waals surface area contributed by atoms with Gasteiger partial charge in [0, 0.05) is 32.2 Å². The number of thiophene rings is 1. The van der Waals surface area contributed by atoms with Crippen LogP contribution in [0.1, 0.15) is 40.3 Å². The Bertz CT molecular complexity index is 1960. The summed E-state index contributed by atoms with van der Waals surface area (Å²) in [5.41, 5.74) is 4.42. The average Bonchev–Trinajstić information content (AvgIpc) is 3.68. The Kier molecular flexibility index (Phi) is 5.10. The van der Waals surface area contributed by atoms with Crippen molar-refractivity contribution in [3.8, 4) is 32.7 Å². The van der Waals surface area contributed by atoms with Crippen LogP contribution in [-0.4, -0.2) is 0 Å². The van der Waals surface area contributed by atoms with Crippen molar-refractivity contribution in [1.29, 1.82) is 0 Å². The number of benzene rings is 4. The van der Waals surface area contributed by atoms with E-state index in [9.17, 15) is 0 Å². The zero-order valence-electron chi connectivity index (χ0n) is 20.8. The minimum absolute atomic E-state index is 0.0907. The number of hydrogen-bond donors (Lipinski definition) is 0. The van der Waals surface area contributed by atoms with E-state index in [1.54, 1.807) is 35.2 Å². The van der Waals surface area contributed by atoms with Crippen LogP contribution in [0, 0.1) is 0 Å². The molecule has 2 aliphatic carbocycles. The lowest BCUT2D eigenvalue weighted by atomic mass is 9.79. The fourth-order valence-electron chi connectivity index (χ4n) is 6.98. The van der Waals surface area contributed by atoms with Crippen molar-refractivity contribution in [2.45, 2.75) is 29.9 Å². The van der Waals surface area contributed by atoms with Gasteiger partial charge in [-0.05, 0) is 84.9 Å². The van der Waals surface area contributed by atoms with E-state index in [0.29, 0.717) is 16.5 Å². The summed E-state index contributed by atoms with van der Waals surface area (Å²) in [6.45, 7) is 3.81. The number of allylic oxidation sites excluding steroid dienone is 1. The molecule has 0 bridgehead atoms. The highest BCUT2D eigenvalue weighted by Gasteiger charge is 2.54. The molecule has 8 rings (SSSR count). The zero-order chi connectivity index (χ0) is 27.6. The highest BCUT2D eigenvalue weighted by Crippen LogP contribution is 2.64. The van der Waals surface area contributed by atoms with E-state index in [1.165, 1.54) is 6.08 Å². The van der Waals surface area contributed by atoms with E-state index in [-0.39, 0.29) is 21.2 Å². The standard InChI is InChI=1S/C33H19ClF4S2/c1-2-16-13-19-24-20(14-21(34)31-29(24)30(16)32(35,36)15-33(31,37)38)28-26(23-10-6-12-40-23)18-8-4-3-7-17(18)25(27(19)28)22-9-5-11-39-22/h2-9,11-14,23H,1,10,15H2. The van der Waals surface area contributed by atoms with Gasteiger partial charge in [-0.2, -0.15) is 0 Å². The van der Waals surface area contributed by atoms with Crippen molar-refractivity contribution in [2.24, 2.45) is 0 Å². The number of thioether (sulfide) groups is 1. The third-order valence-electron chi connectivity index (χ3n) is 8.36. The second kappa shape index (κ2) is 8.25. The van der Waals surface area contributed by atoms with Crippen LogP contribution in [0.4, 0.5) is 17.6 Å². The number of alkyl halides is 4. The van der Waals surface area contributed by atoms with Gasteiger partial charge >= 0.3 is 0 Å². The van der Waals surface area contributed by atoms with Crippen LogP contribution in [0.25, 0.3) is 60.3 Å². The lowest BCUT2D eigenvalue weighted by Crippen LogP contribution is -2.32. The molecule has 198 valence electrons. The Hall–Kier alpha value is -3.06. The topological polar surface area (TPSA) is 0 Å². The predicted octanol–water partition coefficient (Wildman–Crippen LogP) is 11.9. The summed E-state index contributed by atoms with van der Waals surface area (Å²) in [7, 11) is 0. The highest BCUT2D eigenvalue weighted by molar-refractivity contribution is 8.02. The molecule has 40 heavy (non-hydrogen) atoms. The molecule has 0 amide bonds. The largest absolute Gasteiger partial charge is 0.281 e. The molecule has 1 aliphatic heterocycles. The average molecular weight is 591 g/mol. The van der Waals surface area contributed by atoms with Gasteiger partial charge in [0.15, 0.2) is 0 Å². The molecule has 0 fully saturated rings. The van der Waals surface area contributed by atoms with Crippen LogP contribution in [-0.2, 0) is 11.8 Å². The summed E-state index contributed by atoms with van der Waals surface area (Å²) in [6.07, 6.45) is 2.68. The van der Waals surface area contributed by atoms with Crippen LogP contribution >= 0.6 is 34.7 Å². The number of halogens is 5. The van der Waals surface area contributed by atoms with Crippen molar-refractivity contribution in [2.75, 3.05) is 0 Å². The first-order valence-corrected chi connectivity index (χ1v) is 15.1. The summed E-state index contributed by atoms with van der Waals surface area (Å²) < 4.78 is 62.3. The van der Waals surface area contributed by atoms with Gasteiger partial charge in [0.1, 0.15) is 0 Å². The Balaban J connectivity index is 1.65. The van der Waals surface area contributed by atoms with Gasteiger partial charge in [-0.3, -0.25) is 0 Å². The normalized spacial score (nSPS) is 19.5. The Morgan fingerprint density at radius 3 is 2.33 bits per heavy atom. The van der Waals surface area contributed by atoms with Crippen LogP contribution < -0.4 is 0 Å². The third-order valence-corrected chi connectivity index (χ3v) is 10.6. The van der Waals surface area contributed by atoms with Gasteiger partial charge in [-0.25, -0.2) is 17.6 Å². The molecule has 0 radical (unpaired) electrons. The second-order valence-electron chi connectivity index (χ2n) is 10.5. The summed E-state index contributed by atoms with van der Waals surface area (Å²) in [6, 6.07) is 15.5. The summed E-state index contributed by atoms with van der Waals surface area (Å²) in [5, 5.41) is 6.41. The van der Waals surface area contributed by atoms with Crippen LogP contribution in [0.2, 0.25) is 5.02 Å². The van der Waals surface area contributed by atoms with Gasteiger partial charge in [-0.1, -0.05) is 60.7 Å². The van der Waals surface area contributed by atoms with Crippen LogP contribution in [0.15, 0.2) is 72.0 Å². The van der Waals surface area contributed by atoms with Crippen molar-refractivity contribution in [1.82, 2.24) is 0 Å². The Morgan fingerprint density at radius 2 is 1.62 bits per heavy atom. The van der Waals surface area contributed by atoms with Gasteiger partial charge in [0.25, 0.3) is 11.8 Å². The summed E-state index contributed by atoms with van der Waals surface area (Å²) >= 11 is 9.97. The fraction of sp³-hybridized carbons (Fsp3) is 0.152. The molecule has 2 heterocycles. The second-order valence-corrected chi connectivity index (χ2v) is 13.0. The van der Waals surface area contributed by atoms with E-state index in [2.05, 4.69) is 30.2 Å². The molecule has 0 spiro atoms. The van der Waals surface area contributed by atoms with E-state index in [0.717, 1.165) is 44.3 Å². The predicted molar refractivity (Wildman–Crippen MR) is 161 cm³/mol. The summed E-state index contributed by atoms with van der Waals surface area (Å²) in [5.74, 6) is -7.53. The number of hydrogen-bond acceptors (Lipinski definition) is 2. The quantitative estimate of drug-likeness (QED) is 0.185. The van der Waals surface area contributed by atoms with Crippen LogP contribution in [0.5, 0.6) is 0 Å². The van der Waals surface area contributed by atoms with Gasteiger partial charge < -0.3 is 0 Å². The molecule has 5 aromatic rings. The molecule has 0 saturated heterocycles. The molecule has 7 heteroatoms. The first-order chi connectivity index (χ1) is 19.2. The van der Waals surface area contributed by atoms with E-state index < -0.39 is 29.4 Å². The van der Waals surface area contributed by atoms with Crippen molar-refractivity contribution < 1.29 is 17.6 Å². The number of rotatable bonds is 3. The molecular formula is C33H19ClF4S2. The van der Waals surface area contributed by atoms with Crippen molar-refractivity contribution >= 4 is 62.3 Å². The van der Waals surface area contributed by atoms with Gasteiger partial charge in [-0.15, -0.1) is 23.1 Å². The maximum absolute atomic E-state index is 15.6. The van der Waals surface area contributed by atoms with Gasteiger partial charge in [0.05, 0.1) is 11.4 Å². The highest BCUT2D eigenvalue weighted by atomic mass is 35.5. The molecule has 4 aromatic carbocycles. The molecule has 0 saturated carbocycles.